The van der Waals surface area contributed by atoms with Crippen molar-refractivity contribution in [2.75, 3.05) is 0 Å². The summed E-state index contributed by atoms with van der Waals surface area (Å²) in [6.07, 6.45) is 17.0. The molecule has 3 aliphatic rings. The molecule has 55 heavy (non-hydrogen) atoms. The van der Waals surface area contributed by atoms with Crippen molar-refractivity contribution in [2.24, 2.45) is 0 Å². The molecule has 0 spiro atoms. The Morgan fingerprint density at radius 2 is 1.15 bits per heavy atom. The minimum atomic E-state index is 0.765. The number of benzene rings is 6. The van der Waals surface area contributed by atoms with Gasteiger partial charge in [-0.1, -0.05) is 158 Å². The summed E-state index contributed by atoms with van der Waals surface area (Å²) in [7, 11) is 0. The zero-order valence-electron chi connectivity index (χ0n) is 30.3. The maximum atomic E-state index is 6.82. The van der Waals surface area contributed by atoms with E-state index in [-0.39, 0.29) is 0 Å². The third-order valence-electron chi connectivity index (χ3n) is 11.5. The van der Waals surface area contributed by atoms with Crippen molar-refractivity contribution in [1.82, 2.24) is 9.97 Å². The summed E-state index contributed by atoms with van der Waals surface area (Å²) < 4.78 is 6.82. The van der Waals surface area contributed by atoms with E-state index in [1.54, 1.807) is 0 Å². The lowest BCUT2D eigenvalue weighted by molar-refractivity contribution is 0.548. The van der Waals surface area contributed by atoms with Gasteiger partial charge < -0.3 is 4.42 Å². The second-order valence-corrected chi connectivity index (χ2v) is 14.7. The highest BCUT2D eigenvalue weighted by Crippen LogP contribution is 2.47. The molecule has 0 saturated carbocycles. The van der Waals surface area contributed by atoms with Gasteiger partial charge in [-0.2, -0.15) is 0 Å². The molecular formula is C52H36N2O. The molecule has 2 heterocycles. The third-order valence-corrected chi connectivity index (χ3v) is 11.5. The Balaban J connectivity index is 0.988. The van der Waals surface area contributed by atoms with Crippen LogP contribution in [-0.4, -0.2) is 9.97 Å². The molecule has 3 aliphatic carbocycles. The number of aryl methyl sites for hydroxylation is 1. The normalized spacial score (nSPS) is 15.0. The Morgan fingerprint density at radius 3 is 1.89 bits per heavy atom. The van der Waals surface area contributed by atoms with Gasteiger partial charge in [0.25, 0.3) is 0 Å². The van der Waals surface area contributed by atoms with Gasteiger partial charge in [0.1, 0.15) is 11.3 Å². The van der Waals surface area contributed by atoms with Gasteiger partial charge in [-0.15, -0.1) is 0 Å². The van der Waals surface area contributed by atoms with Crippen LogP contribution in [0.25, 0.3) is 77.3 Å². The highest BCUT2D eigenvalue weighted by atomic mass is 16.3. The molecule has 0 N–H and O–H groups in total. The lowest BCUT2D eigenvalue weighted by Crippen LogP contribution is -2.01. The third kappa shape index (κ3) is 5.34. The van der Waals surface area contributed by atoms with E-state index in [2.05, 4.69) is 152 Å². The average Bonchev–Trinajstić information content (AvgIpc) is 4.05. The zero-order valence-corrected chi connectivity index (χ0v) is 30.3. The van der Waals surface area contributed by atoms with Gasteiger partial charge in [-0.05, 0) is 85.7 Å². The summed E-state index contributed by atoms with van der Waals surface area (Å²) in [4.78, 5) is 10.2. The molecule has 6 aromatic carbocycles. The highest BCUT2D eigenvalue weighted by Gasteiger charge is 2.26. The largest absolute Gasteiger partial charge is 0.460 e. The summed E-state index contributed by atoms with van der Waals surface area (Å²) in [5.41, 5.74) is 15.2. The van der Waals surface area contributed by atoms with E-state index >= 15 is 0 Å². The first-order valence-corrected chi connectivity index (χ1v) is 19.2. The van der Waals surface area contributed by atoms with Crippen molar-refractivity contribution in [3.63, 3.8) is 0 Å². The number of aromatic nitrogens is 2. The van der Waals surface area contributed by atoms with E-state index in [9.17, 15) is 0 Å². The lowest BCUT2D eigenvalue weighted by Gasteiger charge is -2.18. The molecule has 2 aromatic heterocycles. The molecule has 11 rings (SSSR count). The number of allylic oxidation sites excluding steroid dienone is 9. The molecule has 3 nitrogen and oxygen atoms in total. The molecule has 8 aromatic rings. The minimum absolute atomic E-state index is 0.765. The van der Waals surface area contributed by atoms with Gasteiger partial charge in [0.15, 0.2) is 5.82 Å². The van der Waals surface area contributed by atoms with Gasteiger partial charge in [0.05, 0.1) is 11.4 Å². The fourth-order valence-electron chi connectivity index (χ4n) is 8.82. The molecule has 260 valence electrons. The molecule has 0 radical (unpaired) electrons. The van der Waals surface area contributed by atoms with Crippen molar-refractivity contribution >= 4 is 54.8 Å². The Labute approximate surface area is 320 Å². The van der Waals surface area contributed by atoms with E-state index in [1.165, 1.54) is 71.7 Å². The van der Waals surface area contributed by atoms with Crippen LogP contribution in [0.15, 0.2) is 174 Å². The SMILES string of the molecule is C1=CCC(c2cc(C3=CC=C(c4ccc(C5=CCCc6oc7c(cc(-c8ccccc8)c8ccccc87)c65)c5ccccc45)C3)nc(-c3ccccc3)n2)=C1. The Kier molecular flexibility index (Phi) is 7.44. The van der Waals surface area contributed by atoms with E-state index in [0.717, 1.165) is 65.2 Å². The van der Waals surface area contributed by atoms with Crippen LogP contribution in [0.4, 0.5) is 0 Å². The maximum Gasteiger partial charge on any atom is 0.160 e. The van der Waals surface area contributed by atoms with Gasteiger partial charge in [0.2, 0.25) is 0 Å². The van der Waals surface area contributed by atoms with Crippen LogP contribution < -0.4 is 0 Å². The second kappa shape index (κ2) is 12.9. The molecule has 0 atom stereocenters. The molecule has 0 fully saturated rings. The molecule has 0 saturated heterocycles. The van der Waals surface area contributed by atoms with Gasteiger partial charge in [0, 0.05) is 34.7 Å². The monoisotopic (exact) mass is 704 g/mol. The zero-order chi connectivity index (χ0) is 36.3. The van der Waals surface area contributed by atoms with Gasteiger partial charge in [-0.3, -0.25) is 0 Å². The standard InChI is InChI=1S/C52H36N2O/c1-3-14-33(15-4-1)45-31-46-50-43(24-13-25-49(50)55-51(46)44-23-12-11-22-41(44)45)42-29-28-38(39-20-9-10-21-40(39)42)36-26-27-37(30-36)48-32-47(34-16-7-8-17-34)53-52(54-48)35-18-5-2-6-19-35/h1-12,14-16,18-24,26-29,31-32H,13,17,25,30H2. The van der Waals surface area contributed by atoms with Crippen molar-refractivity contribution < 1.29 is 4.42 Å². The minimum Gasteiger partial charge on any atom is -0.460 e. The molecule has 0 unspecified atom stereocenters. The molecular weight excluding hydrogens is 669 g/mol. The number of hydrogen-bond donors (Lipinski definition) is 0. The molecule has 0 aliphatic heterocycles. The van der Waals surface area contributed by atoms with Crippen LogP contribution in [0.5, 0.6) is 0 Å². The van der Waals surface area contributed by atoms with Gasteiger partial charge in [-0.25, -0.2) is 9.97 Å². The number of furan rings is 1. The van der Waals surface area contributed by atoms with Gasteiger partial charge >= 0.3 is 0 Å². The highest BCUT2D eigenvalue weighted by molar-refractivity contribution is 6.16. The second-order valence-electron chi connectivity index (χ2n) is 14.7. The van der Waals surface area contributed by atoms with E-state index < -0.39 is 0 Å². The average molecular weight is 705 g/mol. The lowest BCUT2D eigenvalue weighted by atomic mass is 9.84. The Morgan fingerprint density at radius 1 is 0.509 bits per heavy atom. The number of rotatable bonds is 6. The summed E-state index contributed by atoms with van der Waals surface area (Å²) >= 11 is 0. The van der Waals surface area contributed by atoms with Crippen molar-refractivity contribution in [2.45, 2.75) is 25.7 Å². The first-order chi connectivity index (χ1) is 27.3. The quantitative estimate of drug-likeness (QED) is 0.173. The number of hydrogen-bond acceptors (Lipinski definition) is 3. The summed E-state index contributed by atoms with van der Waals surface area (Å²) in [6.45, 7) is 0. The maximum absolute atomic E-state index is 6.82. The fourth-order valence-corrected chi connectivity index (χ4v) is 8.82. The predicted octanol–water partition coefficient (Wildman–Crippen LogP) is 13.5. The summed E-state index contributed by atoms with van der Waals surface area (Å²) in [5.74, 6) is 1.84. The first-order valence-electron chi connectivity index (χ1n) is 19.2. The Hall–Kier alpha value is -6.84. The summed E-state index contributed by atoms with van der Waals surface area (Å²) in [5, 5.41) is 6.07. The van der Waals surface area contributed by atoms with Crippen molar-refractivity contribution in [3.8, 4) is 22.5 Å². The van der Waals surface area contributed by atoms with Crippen LogP contribution in [0.3, 0.4) is 0 Å². The van der Waals surface area contributed by atoms with Crippen LogP contribution in [-0.2, 0) is 6.42 Å². The topological polar surface area (TPSA) is 38.9 Å². The smallest absolute Gasteiger partial charge is 0.160 e. The van der Waals surface area contributed by atoms with Crippen LogP contribution in [0.1, 0.15) is 53.1 Å². The Bertz CT molecular complexity index is 3010. The van der Waals surface area contributed by atoms with Crippen molar-refractivity contribution in [1.29, 1.82) is 0 Å². The fraction of sp³-hybridized carbons (Fsp3) is 0.0769. The molecule has 3 heteroatoms. The van der Waals surface area contributed by atoms with Crippen molar-refractivity contribution in [3.05, 3.63) is 204 Å². The number of nitrogens with zero attached hydrogens (tertiary/aromatic N) is 2. The van der Waals surface area contributed by atoms with E-state index in [1.807, 2.05) is 18.2 Å². The predicted molar refractivity (Wildman–Crippen MR) is 228 cm³/mol. The van der Waals surface area contributed by atoms with E-state index in [4.69, 9.17) is 14.4 Å². The number of fused-ring (bicyclic) bond motifs is 6. The molecule has 0 bridgehead atoms. The van der Waals surface area contributed by atoms with E-state index in [0.29, 0.717) is 0 Å². The summed E-state index contributed by atoms with van der Waals surface area (Å²) in [6, 6.07) is 47.8. The van der Waals surface area contributed by atoms with Crippen LogP contribution in [0.2, 0.25) is 0 Å². The van der Waals surface area contributed by atoms with Crippen LogP contribution >= 0.6 is 0 Å². The van der Waals surface area contributed by atoms with Crippen LogP contribution in [0, 0.1) is 0 Å². The molecule has 0 amide bonds. The first kappa shape index (κ1) is 31.7.